The number of aliphatic hydroxyl groups is 1. The molecule has 1 aromatic carbocycles. The Kier molecular flexibility index (Phi) is 6.78. The average molecular weight is 522 g/mol. The van der Waals surface area contributed by atoms with Gasteiger partial charge in [-0.15, -0.1) is 0 Å². The van der Waals surface area contributed by atoms with E-state index in [1.165, 1.54) is 6.07 Å². The number of nitrogens with zero attached hydrogens (tertiary/aromatic N) is 6. The van der Waals surface area contributed by atoms with Gasteiger partial charge in [-0.25, -0.2) is 28.7 Å². The highest BCUT2D eigenvalue weighted by molar-refractivity contribution is 5.83. The van der Waals surface area contributed by atoms with E-state index in [4.69, 9.17) is 0 Å². The molecule has 11 heteroatoms. The Balaban J connectivity index is 1.41. The van der Waals surface area contributed by atoms with Crippen LogP contribution in [0.25, 0.3) is 22.3 Å². The molecule has 0 saturated heterocycles. The standard InChI is InChI=1S/C27H29F2N7O2/c1-14(2)36-16(4)31-26-19(28)10-18(11-22(26)36)25-20(29)12-30-27(34-25)33-23-6-5-17-13-35(8-7-21(17)32-23)24(38)9-15(3)37/h5-6,10-12,14-15,37H,7-9,13H2,1-4H3,(H,30,32,33,34). The quantitative estimate of drug-likeness (QED) is 0.386. The summed E-state index contributed by atoms with van der Waals surface area (Å²) in [4.78, 5) is 31.4. The number of aromatic nitrogens is 5. The molecule has 0 bridgehead atoms. The molecular formula is C27H29F2N7O2. The van der Waals surface area contributed by atoms with Crippen LogP contribution in [-0.4, -0.2) is 53.1 Å². The third kappa shape index (κ3) is 4.93. The van der Waals surface area contributed by atoms with Gasteiger partial charge in [0.15, 0.2) is 11.6 Å². The van der Waals surface area contributed by atoms with Gasteiger partial charge in [-0.2, -0.15) is 0 Å². The van der Waals surface area contributed by atoms with E-state index in [9.17, 15) is 18.7 Å². The fraction of sp³-hybridized carbons (Fsp3) is 0.370. The Labute approximate surface area is 218 Å². The van der Waals surface area contributed by atoms with Crippen LogP contribution < -0.4 is 5.32 Å². The monoisotopic (exact) mass is 521 g/mol. The van der Waals surface area contributed by atoms with Gasteiger partial charge in [0.1, 0.15) is 22.9 Å². The highest BCUT2D eigenvalue weighted by Crippen LogP contribution is 2.30. The lowest BCUT2D eigenvalue weighted by Gasteiger charge is -2.29. The van der Waals surface area contributed by atoms with E-state index < -0.39 is 17.7 Å². The lowest BCUT2D eigenvalue weighted by molar-refractivity contribution is -0.133. The highest BCUT2D eigenvalue weighted by Gasteiger charge is 2.23. The predicted molar refractivity (Wildman–Crippen MR) is 139 cm³/mol. The Morgan fingerprint density at radius 3 is 2.66 bits per heavy atom. The van der Waals surface area contributed by atoms with Crippen molar-refractivity contribution < 1.29 is 18.7 Å². The number of pyridine rings is 1. The molecule has 5 rings (SSSR count). The number of aliphatic hydroxyl groups excluding tert-OH is 1. The van der Waals surface area contributed by atoms with Crippen molar-refractivity contribution in [1.29, 1.82) is 0 Å². The number of benzene rings is 1. The molecule has 4 heterocycles. The molecule has 38 heavy (non-hydrogen) atoms. The minimum Gasteiger partial charge on any atom is -0.393 e. The van der Waals surface area contributed by atoms with Gasteiger partial charge >= 0.3 is 0 Å². The number of carbonyl (C=O) groups is 1. The average Bonchev–Trinajstić information content (AvgIpc) is 3.21. The maximum Gasteiger partial charge on any atom is 0.229 e. The van der Waals surface area contributed by atoms with Crippen molar-refractivity contribution in [2.24, 2.45) is 0 Å². The molecule has 3 aromatic heterocycles. The second-order valence-electron chi connectivity index (χ2n) is 9.88. The zero-order valence-corrected chi connectivity index (χ0v) is 21.7. The number of fused-ring (bicyclic) bond motifs is 2. The number of halogens is 2. The van der Waals surface area contributed by atoms with Crippen molar-refractivity contribution in [1.82, 2.24) is 29.4 Å². The largest absolute Gasteiger partial charge is 0.393 e. The van der Waals surface area contributed by atoms with Crippen LogP contribution >= 0.6 is 0 Å². The molecule has 1 atom stereocenters. The molecule has 1 amide bonds. The third-order valence-corrected chi connectivity index (χ3v) is 6.57. The highest BCUT2D eigenvalue weighted by atomic mass is 19.1. The number of anilines is 2. The van der Waals surface area contributed by atoms with E-state index in [1.807, 2.05) is 31.4 Å². The van der Waals surface area contributed by atoms with Gasteiger partial charge in [0.2, 0.25) is 11.9 Å². The first kappa shape index (κ1) is 25.7. The van der Waals surface area contributed by atoms with Crippen molar-refractivity contribution in [2.75, 3.05) is 11.9 Å². The molecule has 0 saturated carbocycles. The zero-order valence-electron chi connectivity index (χ0n) is 21.7. The first-order chi connectivity index (χ1) is 18.1. The molecule has 0 fully saturated rings. The summed E-state index contributed by atoms with van der Waals surface area (Å²) in [6.07, 6.45) is 1.01. The van der Waals surface area contributed by atoms with Crippen molar-refractivity contribution in [2.45, 2.75) is 59.2 Å². The Hall–Kier alpha value is -3.99. The van der Waals surface area contributed by atoms with Crippen molar-refractivity contribution in [3.63, 3.8) is 0 Å². The van der Waals surface area contributed by atoms with Crippen molar-refractivity contribution in [3.8, 4) is 11.3 Å². The van der Waals surface area contributed by atoms with Crippen LogP contribution in [-0.2, 0) is 17.8 Å². The smallest absolute Gasteiger partial charge is 0.229 e. The van der Waals surface area contributed by atoms with Gasteiger partial charge in [-0.3, -0.25) is 4.79 Å². The minimum atomic E-state index is -0.686. The second-order valence-corrected chi connectivity index (χ2v) is 9.88. The summed E-state index contributed by atoms with van der Waals surface area (Å²) in [5.41, 5.74) is 2.79. The van der Waals surface area contributed by atoms with E-state index >= 15 is 0 Å². The Morgan fingerprint density at radius 2 is 1.92 bits per heavy atom. The molecule has 9 nitrogen and oxygen atoms in total. The summed E-state index contributed by atoms with van der Waals surface area (Å²) >= 11 is 0. The number of amides is 1. The van der Waals surface area contributed by atoms with Crippen LogP contribution in [0, 0.1) is 18.6 Å². The van der Waals surface area contributed by atoms with E-state index in [0.29, 0.717) is 36.7 Å². The molecule has 0 radical (unpaired) electrons. The maximum atomic E-state index is 15.0. The lowest BCUT2D eigenvalue weighted by atomic mass is 10.0. The van der Waals surface area contributed by atoms with Gasteiger partial charge in [0.25, 0.3) is 0 Å². The topological polar surface area (TPSA) is 109 Å². The SMILES string of the molecule is Cc1nc2c(F)cc(-c3nc(Nc4ccc5c(n4)CCN(C(=O)CC(C)O)C5)ncc3F)cc2n1C(C)C. The summed E-state index contributed by atoms with van der Waals surface area (Å²) in [5.74, 6) is -0.0636. The van der Waals surface area contributed by atoms with Crippen LogP contribution in [0.5, 0.6) is 0 Å². The van der Waals surface area contributed by atoms with Gasteiger partial charge in [-0.05, 0) is 51.5 Å². The van der Waals surface area contributed by atoms with Gasteiger partial charge in [0, 0.05) is 36.8 Å². The van der Waals surface area contributed by atoms with Crippen LogP contribution in [0.4, 0.5) is 20.5 Å². The number of aryl methyl sites for hydroxylation is 1. The number of hydrogen-bond donors (Lipinski definition) is 2. The first-order valence-corrected chi connectivity index (χ1v) is 12.5. The van der Waals surface area contributed by atoms with E-state index in [1.54, 1.807) is 24.0 Å². The Bertz CT molecular complexity index is 1530. The molecular weight excluding hydrogens is 492 g/mol. The zero-order chi connectivity index (χ0) is 27.1. The van der Waals surface area contributed by atoms with E-state index in [2.05, 4.69) is 25.3 Å². The van der Waals surface area contributed by atoms with Crippen LogP contribution in [0.2, 0.25) is 0 Å². The third-order valence-electron chi connectivity index (χ3n) is 6.57. The number of hydrogen-bond acceptors (Lipinski definition) is 7. The molecule has 1 aliphatic heterocycles. The van der Waals surface area contributed by atoms with Crippen LogP contribution in [0.1, 0.15) is 50.3 Å². The Morgan fingerprint density at radius 1 is 1.13 bits per heavy atom. The summed E-state index contributed by atoms with van der Waals surface area (Å²) in [6, 6.07) is 6.57. The number of carbonyl (C=O) groups excluding carboxylic acids is 1. The number of rotatable bonds is 6. The lowest BCUT2D eigenvalue weighted by Crippen LogP contribution is -2.37. The van der Waals surface area contributed by atoms with E-state index in [-0.39, 0.29) is 41.1 Å². The van der Waals surface area contributed by atoms with Crippen LogP contribution in [0.3, 0.4) is 0 Å². The second kappa shape index (κ2) is 10.1. The molecule has 1 aliphatic rings. The van der Waals surface area contributed by atoms with E-state index in [0.717, 1.165) is 17.5 Å². The van der Waals surface area contributed by atoms with Crippen molar-refractivity contribution in [3.05, 3.63) is 59.2 Å². The summed E-state index contributed by atoms with van der Waals surface area (Å²) in [7, 11) is 0. The summed E-state index contributed by atoms with van der Waals surface area (Å²) in [5, 5.41) is 12.5. The molecule has 2 N–H and O–H groups in total. The molecule has 1 unspecified atom stereocenters. The summed E-state index contributed by atoms with van der Waals surface area (Å²) < 4.78 is 31.7. The first-order valence-electron chi connectivity index (χ1n) is 12.5. The van der Waals surface area contributed by atoms with Crippen LogP contribution in [0.15, 0.2) is 30.5 Å². The molecule has 198 valence electrons. The minimum absolute atomic E-state index is 0.0392. The van der Waals surface area contributed by atoms with Gasteiger partial charge in [-0.1, -0.05) is 6.07 Å². The predicted octanol–water partition coefficient (Wildman–Crippen LogP) is 4.46. The maximum absolute atomic E-state index is 15.0. The molecule has 0 spiro atoms. The molecule has 4 aromatic rings. The fourth-order valence-electron chi connectivity index (χ4n) is 4.88. The fourth-order valence-corrected chi connectivity index (χ4v) is 4.88. The van der Waals surface area contributed by atoms with Gasteiger partial charge in [0.05, 0.1) is 24.2 Å². The number of nitrogens with one attached hydrogen (secondary N) is 1. The van der Waals surface area contributed by atoms with Crippen molar-refractivity contribution >= 4 is 28.7 Å². The summed E-state index contributed by atoms with van der Waals surface area (Å²) in [6.45, 7) is 8.28. The number of imidazole rings is 1. The normalized spacial score (nSPS) is 14.2. The molecule has 0 aliphatic carbocycles. The van der Waals surface area contributed by atoms with Gasteiger partial charge < -0.3 is 19.9 Å².